The van der Waals surface area contributed by atoms with Gasteiger partial charge in [-0.15, -0.1) is 0 Å². The Balaban J connectivity index is 3.04. The molecule has 0 fully saturated rings. The molecule has 0 radical (unpaired) electrons. The number of nitrogens with one attached hydrogen (secondary N) is 3. The lowest BCUT2D eigenvalue weighted by molar-refractivity contribution is -0.142. The van der Waals surface area contributed by atoms with Crippen molar-refractivity contribution in [2.75, 3.05) is 0 Å². The second-order valence-corrected chi connectivity index (χ2v) is 8.40. The third-order valence-corrected chi connectivity index (χ3v) is 5.46. The van der Waals surface area contributed by atoms with Gasteiger partial charge in [0.15, 0.2) is 0 Å². The van der Waals surface area contributed by atoms with Crippen LogP contribution in [-0.4, -0.2) is 69.9 Å². The van der Waals surface area contributed by atoms with Crippen LogP contribution in [0.2, 0.25) is 0 Å². The second-order valence-electron chi connectivity index (χ2n) is 8.40. The van der Waals surface area contributed by atoms with Crippen LogP contribution >= 0.6 is 0 Å². The molecule has 198 valence electrons. The van der Waals surface area contributed by atoms with Crippen LogP contribution in [0.3, 0.4) is 0 Å². The van der Waals surface area contributed by atoms with E-state index in [9.17, 15) is 33.9 Å². The first-order chi connectivity index (χ1) is 16.8. The van der Waals surface area contributed by atoms with Gasteiger partial charge in [0.05, 0.1) is 18.9 Å². The maximum atomic E-state index is 13.0. The molecule has 1 aromatic carbocycles. The van der Waals surface area contributed by atoms with Gasteiger partial charge in [0.2, 0.25) is 23.6 Å². The van der Waals surface area contributed by atoms with Crippen LogP contribution in [0, 0.1) is 5.92 Å². The second kappa shape index (κ2) is 14.4. The minimum Gasteiger partial charge on any atom is -0.481 e. The molecule has 1 aromatic rings. The molecule has 4 amide bonds. The number of carbonyl (C=O) groups excluding carboxylic acids is 4. The normalized spacial score (nSPS) is 14.9. The van der Waals surface area contributed by atoms with Crippen LogP contribution in [0.15, 0.2) is 30.3 Å². The summed E-state index contributed by atoms with van der Waals surface area (Å²) >= 11 is 0. The summed E-state index contributed by atoms with van der Waals surface area (Å²) < 4.78 is 0. The average molecular weight is 508 g/mol. The number of amides is 4. The van der Waals surface area contributed by atoms with Gasteiger partial charge in [-0.3, -0.25) is 24.0 Å². The van der Waals surface area contributed by atoms with Gasteiger partial charge in [-0.1, -0.05) is 50.6 Å². The van der Waals surface area contributed by atoms with Crippen molar-refractivity contribution >= 4 is 35.6 Å². The van der Waals surface area contributed by atoms with Gasteiger partial charge in [0.1, 0.15) is 18.1 Å². The van der Waals surface area contributed by atoms with E-state index in [-0.39, 0.29) is 6.42 Å². The van der Waals surface area contributed by atoms with Gasteiger partial charge < -0.3 is 37.6 Å². The highest BCUT2D eigenvalue weighted by Crippen LogP contribution is 2.11. The van der Waals surface area contributed by atoms with Gasteiger partial charge in [-0.25, -0.2) is 4.79 Å². The van der Waals surface area contributed by atoms with Crippen molar-refractivity contribution in [1.29, 1.82) is 0 Å². The lowest BCUT2D eigenvalue weighted by atomic mass is 9.96. The predicted octanol–water partition coefficient (Wildman–Crippen LogP) is -1.51. The number of nitrogens with two attached hydrogens (primary N) is 2. The molecule has 9 N–H and O–H groups in total. The van der Waals surface area contributed by atoms with Crippen molar-refractivity contribution in [3.05, 3.63) is 35.9 Å². The quantitative estimate of drug-likeness (QED) is 0.146. The molecule has 36 heavy (non-hydrogen) atoms. The van der Waals surface area contributed by atoms with Crippen molar-refractivity contribution in [2.24, 2.45) is 17.4 Å². The Labute approximate surface area is 208 Å². The van der Waals surface area contributed by atoms with E-state index in [0.717, 1.165) is 0 Å². The van der Waals surface area contributed by atoms with E-state index in [1.807, 2.05) is 0 Å². The molecule has 13 heteroatoms. The van der Waals surface area contributed by atoms with Crippen LogP contribution in [0.25, 0.3) is 0 Å². The van der Waals surface area contributed by atoms with Gasteiger partial charge in [0, 0.05) is 6.42 Å². The first-order valence-electron chi connectivity index (χ1n) is 11.3. The Kier molecular flexibility index (Phi) is 12.0. The van der Waals surface area contributed by atoms with Gasteiger partial charge >= 0.3 is 11.9 Å². The summed E-state index contributed by atoms with van der Waals surface area (Å²) in [5, 5.41) is 25.4. The maximum absolute atomic E-state index is 13.0. The largest absolute Gasteiger partial charge is 0.481 e. The average Bonchev–Trinajstić information content (AvgIpc) is 2.80. The Bertz CT molecular complexity index is 955. The molecule has 0 aliphatic carbocycles. The topological polar surface area (TPSA) is 231 Å². The van der Waals surface area contributed by atoms with Crippen molar-refractivity contribution in [1.82, 2.24) is 16.0 Å². The van der Waals surface area contributed by atoms with E-state index in [1.165, 1.54) is 0 Å². The highest BCUT2D eigenvalue weighted by atomic mass is 16.4. The molecule has 0 aliphatic heterocycles. The molecule has 0 aromatic heterocycles. The van der Waals surface area contributed by atoms with E-state index in [1.54, 1.807) is 44.2 Å². The molecule has 13 nitrogen and oxygen atoms in total. The van der Waals surface area contributed by atoms with E-state index >= 15 is 0 Å². The van der Waals surface area contributed by atoms with Crippen LogP contribution < -0.4 is 27.4 Å². The van der Waals surface area contributed by atoms with Crippen molar-refractivity contribution in [3.8, 4) is 0 Å². The molecule has 0 saturated carbocycles. The highest BCUT2D eigenvalue weighted by Gasteiger charge is 2.33. The molecular formula is C23H33N5O8. The fourth-order valence-corrected chi connectivity index (χ4v) is 3.24. The molecule has 1 rings (SSSR count). The lowest BCUT2D eigenvalue weighted by Gasteiger charge is -2.27. The monoisotopic (exact) mass is 507 g/mol. The summed E-state index contributed by atoms with van der Waals surface area (Å²) in [6, 6.07) is 3.13. The van der Waals surface area contributed by atoms with Gasteiger partial charge in [0.25, 0.3) is 0 Å². The van der Waals surface area contributed by atoms with Crippen LogP contribution in [-0.2, 0) is 35.2 Å². The summed E-state index contributed by atoms with van der Waals surface area (Å²) in [6.45, 7) is 3.41. The standard InChI is InChI=1S/C23H33N5O8/c1-3-12(2)19(22(34)27-16(23(35)36)9-13-7-5-4-6-8-13)28-21(33)15(11-17(25)29)26-20(32)14(24)10-18(30)31/h4-8,12,14-16,19H,3,9-11,24H2,1-2H3,(H2,25,29)(H,26,32)(H,27,34)(H,28,33)(H,30,31)(H,35,36). The molecule has 0 aliphatic rings. The number of hydrogen-bond donors (Lipinski definition) is 7. The molecule has 0 spiro atoms. The number of carbonyl (C=O) groups is 6. The summed E-state index contributed by atoms with van der Waals surface area (Å²) in [6.07, 6.45) is -0.930. The van der Waals surface area contributed by atoms with Gasteiger partial charge in [-0.2, -0.15) is 0 Å². The molecule has 0 bridgehead atoms. The number of primary amides is 1. The van der Waals surface area contributed by atoms with Gasteiger partial charge in [-0.05, 0) is 11.5 Å². The number of rotatable bonds is 15. The van der Waals surface area contributed by atoms with Crippen LogP contribution in [0.5, 0.6) is 0 Å². The fraction of sp³-hybridized carbons (Fsp3) is 0.478. The smallest absolute Gasteiger partial charge is 0.326 e. The SMILES string of the molecule is CCC(C)C(NC(=O)C(CC(N)=O)NC(=O)C(N)CC(=O)O)C(=O)NC(Cc1ccccc1)C(=O)O. The number of benzene rings is 1. The number of hydrogen-bond acceptors (Lipinski definition) is 7. The predicted molar refractivity (Wildman–Crippen MR) is 127 cm³/mol. The first-order valence-corrected chi connectivity index (χ1v) is 11.3. The number of aliphatic carboxylic acids is 2. The van der Waals surface area contributed by atoms with Crippen molar-refractivity contribution < 1.29 is 39.0 Å². The van der Waals surface area contributed by atoms with E-state index in [0.29, 0.717) is 12.0 Å². The van der Waals surface area contributed by atoms with E-state index in [2.05, 4.69) is 16.0 Å². The summed E-state index contributed by atoms with van der Waals surface area (Å²) in [4.78, 5) is 72.2. The molecule has 5 unspecified atom stereocenters. The summed E-state index contributed by atoms with van der Waals surface area (Å²) in [5.41, 5.74) is 11.4. The Morgan fingerprint density at radius 1 is 0.861 bits per heavy atom. The summed E-state index contributed by atoms with van der Waals surface area (Å²) in [5.74, 6) is -6.73. The zero-order valence-electron chi connectivity index (χ0n) is 20.1. The minimum absolute atomic E-state index is 0.00487. The fourth-order valence-electron chi connectivity index (χ4n) is 3.24. The zero-order chi connectivity index (χ0) is 27.4. The third kappa shape index (κ3) is 10.1. The molecular weight excluding hydrogens is 474 g/mol. The first kappa shape index (κ1) is 30.0. The zero-order valence-corrected chi connectivity index (χ0v) is 20.1. The number of carboxylic acids is 2. The third-order valence-electron chi connectivity index (χ3n) is 5.46. The van der Waals surface area contributed by atoms with Crippen molar-refractivity contribution in [3.63, 3.8) is 0 Å². The lowest BCUT2D eigenvalue weighted by Crippen LogP contribution is -2.59. The Hall–Kier alpha value is -4.00. The highest BCUT2D eigenvalue weighted by molar-refractivity contribution is 5.96. The Morgan fingerprint density at radius 2 is 1.44 bits per heavy atom. The van der Waals surface area contributed by atoms with Crippen LogP contribution in [0.1, 0.15) is 38.7 Å². The molecule has 5 atom stereocenters. The van der Waals surface area contributed by atoms with E-state index in [4.69, 9.17) is 16.6 Å². The minimum atomic E-state index is -1.53. The number of carboxylic acid groups (broad SMARTS) is 2. The van der Waals surface area contributed by atoms with E-state index < -0.39 is 78.5 Å². The Morgan fingerprint density at radius 3 is 1.94 bits per heavy atom. The molecule has 0 heterocycles. The van der Waals surface area contributed by atoms with Crippen molar-refractivity contribution in [2.45, 2.75) is 63.7 Å². The maximum Gasteiger partial charge on any atom is 0.326 e. The van der Waals surface area contributed by atoms with Crippen LogP contribution in [0.4, 0.5) is 0 Å². The summed E-state index contributed by atoms with van der Waals surface area (Å²) in [7, 11) is 0. The molecule has 0 saturated heterocycles.